The van der Waals surface area contributed by atoms with Gasteiger partial charge in [0.05, 0.1) is 0 Å². The number of anilines is 1. The number of pyridine rings is 1. The van der Waals surface area contributed by atoms with Crippen LogP contribution < -0.4 is 9.78 Å². The van der Waals surface area contributed by atoms with Gasteiger partial charge in [-0.3, -0.25) is 0 Å². The van der Waals surface area contributed by atoms with Gasteiger partial charge < -0.3 is 0 Å². The molecule has 5 nitrogen and oxygen atoms in total. The van der Waals surface area contributed by atoms with Crippen LogP contribution in [0.5, 0.6) is 0 Å². The number of aryl methyl sites for hydroxylation is 1. The molecule has 0 amide bonds. The Labute approximate surface area is 161 Å². The molecule has 3 aliphatic rings. The summed E-state index contributed by atoms with van der Waals surface area (Å²) >= 11 is -1.59. The topological polar surface area (TPSA) is 41.8 Å². The van der Waals surface area contributed by atoms with E-state index in [0.717, 1.165) is 45.0 Å². The molecule has 0 aromatic carbocycles. The van der Waals surface area contributed by atoms with E-state index in [1.54, 1.807) is 17.5 Å². The van der Waals surface area contributed by atoms with Crippen LogP contribution in [0.1, 0.15) is 18.5 Å². The van der Waals surface area contributed by atoms with Gasteiger partial charge in [0.15, 0.2) is 0 Å². The summed E-state index contributed by atoms with van der Waals surface area (Å²) in [5.74, 6) is 1.38. The van der Waals surface area contributed by atoms with Crippen molar-refractivity contribution in [2.45, 2.75) is 36.4 Å². The van der Waals surface area contributed by atoms with Crippen molar-refractivity contribution in [2.75, 3.05) is 31.6 Å². The molecule has 146 valence electrons. The van der Waals surface area contributed by atoms with Crippen LogP contribution in [0.25, 0.3) is 5.52 Å². The fourth-order valence-electron chi connectivity index (χ4n) is 4.38. The standard InChI is InChI=1S/C18H21F3N4OSe/c1-11-16(27-18(19,20)21)14-3-2-4-15(25(14)23-11)22-17-5-6-24(8-12(17)7-17)13-9-26-10-13/h2-4,12-13,22H,5-10H2,1H3. The second kappa shape index (κ2) is 6.11. The molecule has 2 aromatic rings. The molecule has 4 heterocycles. The molecule has 2 aliphatic heterocycles. The van der Waals surface area contributed by atoms with E-state index in [1.807, 2.05) is 12.1 Å². The molecule has 5 rings (SSSR count). The molecule has 27 heavy (non-hydrogen) atoms. The Bertz CT molecular complexity index is 881. The van der Waals surface area contributed by atoms with Crippen LogP contribution in [-0.2, 0) is 4.74 Å². The van der Waals surface area contributed by atoms with Crippen LogP contribution in [-0.4, -0.2) is 72.4 Å². The molecule has 0 bridgehead atoms. The number of hydrogen-bond donors (Lipinski definition) is 1. The average molecular weight is 445 g/mol. The van der Waals surface area contributed by atoms with E-state index in [2.05, 4.69) is 15.3 Å². The van der Waals surface area contributed by atoms with Gasteiger partial charge in [-0.25, -0.2) is 0 Å². The Hall–Kier alpha value is -1.28. The Morgan fingerprint density at radius 2 is 2.15 bits per heavy atom. The number of fused-ring (bicyclic) bond motifs is 2. The molecule has 1 N–H and O–H groups in total. The quantitative estimate of drug-likeness (QED) is 0.729. The molecule has 2 atom stereocenters. The summed E-state index contributed by atoms with van der Waals surface area (Å²) in [5, 5.41) is 3.88. The zero-order valence-corrected chi connectivity index (χ0v) is 16.6. The number of hydrogen-bond acceptors (Lipinski definition) is 4. The van der Waals surface area contributed by atoms with E-state index in [-0.39, 0.29) is 5.54 Å². The summed E-state index contributed by atoms with van der Waals surface area (Å²) in [4.78, 5) is 2.52. The van der Waals surface area contributed by atoms with Gasteiger partial charge in [0, 0.05) is 0 Å². The maximum absolute atomic E-state index is 13.0. The molecule has 0 spiro atoms. The second-order valence-electron chi connectivity index (χ2n) is 7.79. The van der Waals surface area contributed by atoms with E-state index in [1.165, 1.54) is 0 Å². The number of likely N-dealkylation sites (tertiary alicyclic amines) is 1. The first-order chi connectivity index (χ1) is 12.8. The number of nitrogens with one attached hydrogen (secondary N) is 1. The second-order valence-corrected chi connectivity index (χ2v) is 10.0. The van der Waals surface area contributed by atoms with Gasteiger partial charge in [-0.15, -0.1) is 0 Å². The van der Waals surface area contributed by atoms with Crippen LogP contribution in [0.3, 0.4) is 0 Å². The van der Waals surface area contributed by atoms with Crippen molar-refractivity contribution < 1.29 is 17.9 Å². The Balaban J connectivity index is 1.38. The number of halogens is 3. The summed E-state index contributed by atoms with van der Waals surface area (Å²) in [7, 11) is 0. The van der Waals surface area contributed by atoms with Gasteiger partial charge in [0.2, 0.25) is 0 Å². The third-order valence-corrected chi connectivity index (χ3v) is 8.01. The van der Waals surface area contributed by atoms with Gasteiger partial charge in [0.1, 0.15) is 0 Å². The fourth-order valence-corrected chi connectivity index (χ4v) is 5.80. The van der Waals surface area contributed by atoms with Crippen LogP contribution in [0, 0.1) is 12.8 Å². The molecular formula is C18H21F3N4OSe. The van der Waals surface area contributed by atoms with Gasteiger partial charge in [-0.2, -0.15) is 0 Å². The molecule has 9 heteroatoms. The average Bonchev–Trinajstić information content (AvgIpc) is 3.16. The van der Waals surface area contributed by atoms with Crippen molar-refractivity contribution >= 4 is 30.8 Å². The SMILES string of the molecule is Cc1nn2c(NC34CCN(C5COC5)CC3C4)cccc2c1[Se]C(F)(F)F. The van der Waals surface area contributed by atoms with Gasteiger partial charge >= 0.3 is 161 Å². The van der Waals surface area contributed by atoms with E-state index in [4.69, 9.17) is 4.74 Å². The normalized spacial score (nSPS) is 28.8. The molecule has 1 aliphatic carbocycles. The third-order valence-electron chi connectivity index (χ3n) is 6.04. The van der Waals surface area contributed by atoms with Gasteiger partial charge in [0.25, 0.3) is 0 Å². The first-order valence-electron chi connectivity index (χ1n) is 9.19. The van der Waals surface area contributed by atoms with Crippen molar-refractivity contribution in [3.05, 3.63) is 23.9 Å². The predicted octanol–water partition coefficient (Wildman–Crippen LogP) is 1.77. The van der Waals surface area contributed by atoms with Crippen LogP contribution in [0.4, 0.5) is 19.0 Å². The Morgan fingerprint density at radius 3 is 2.81 bits per heavy atom. The zero-order valence-electron chi connectivity index (χ0n) is 14.9. The molecule has 2 aromatic heterocycles. The van der Waals surface area contributed by atoms with Crippen molar-refractivity contribution in [3.63, 3.8) is 0 Å². The van der Waals surface area contributed by atoms with Gasteiger partial charge in [-0.1, -0.05) is 0 Å². The summed E-state index contributed by atoms with van der Waals surface area (Å²) in [6.07, 6.45) is 2.15. The summed E-state index contributed by atoms with van der Waals surface area (Å²) in [5.41, 5.74) is 1.09. The van der Waals surface area contributed by atoms with E-state index >= 15 is 0 Å². The van der Waals surface area contributed by atoms with Crippen LogP contribution >= 0.6 is 0 Å². The number of piperidine rings is 1. The zero-order chi connectivity index (χ0) is 18.8. The van der Waals surface area contributed by atoms with E-state index < -0.39 is 20.0 Å². The minimum absolute atomic E-state index is 0.0601. The van der Waals surface area contributed by atoms with Crippen LogP contribution in [0.2, 0.25) is 0 Å². The number of rotatable bonds is 4. The van der Waals surface area contributed by atoms with Gasteiger partial charge in [-0.05, 0) is 0 Å². The fraction of sp³-hybridized carbons (Fsp3) is 0.611. The van der Waals surface area contributed by atoms with Crippen LogP contribution in [0.15, 0.2) is 18.2 Å². The molecule has 3 fully saturated rings. The minimum atomic E-state index is -4.18. The van der Waals surface area contributed by atoms with Crippen molar-refractivity contribution in [1.29, 1.82) is 0 Å². The Kier molecular flexibility index (Phi) is 4.02. The number of aromatic nitrogens is 2. The van der Waals surface area contributed by atoms with E-state index in [0.29, 0.717) is 27.6 Å². The molecular weight excluding hydrogens is 424 g/mol. The van der Waals surface area contributed by atoms with E-state index in [9.17, 15) is 13.2 Å². The summed E-state index contributed by atoms with van der Waals surface area (Å²) in [6.45, 7) is 5.44. The molecule has 2 saturated heterocycles. The first-order valence-corrected chi connectivity index (χ1v) is 10.9. The number of ether oxygens (including phenoxy) is 1. The summed E-state index contributed by atoms with van der Waals surface area (Å²) < 4.78 is 46.2. The molecule has 2 unspecified atom stereocenters. The number of alkyl halides is 3. The molecule has 0 radical (unpaired) electrons. The monoisotopic (exact) mass is 446 g/mol. The summed E-state index contributed by atoms with van der Waals surface area (Å²) in [6, 6.07) is 6.03. The number of nitrogens with zero attached hydrogens (tertiary/aromatic N) is 3. The molecule has 1 saturated carbocycles. The predicted molar refractivity (Wildman–Crippen MR) is 96.6 cm³/mol. The van der Waals surface area contributed by atoms with Crippen molar-refractivity contribution in [3.8, 4) is 0 Å². The maximum atomic E-state index is 13.0. The van der Waals surface area contributed by atoms with Crippen molar-refractivity contribution in [2.24, 2.45) is 5.92 Å². The first kappa shape index (κ1) is 17.8. The third kappa shape index (κ3) is 3.14. The Morgan fingerprint density at radius 1 is 1.33 bits per heavy atom. The van der Waals surface area contributed by atoms with Crippen molar-refractivity contribution in [1.82, 2.24) is 14.5 Å².